The molecule has 0 aliphatic carbocycles. The maximum absolute atomic E-state index is 5.70. The Morgan fingerprint density at radius 2 is 2.09 bits per heavy atom. The van der Waals surface area contributed by atoms with Crippen LogP contribution in [0.2, 0.25) is 5.02 Å². The van der Waals surface area contributed by atoms with E-state index in [0.717, 1.165) is 10.9 Å². The van der Waals surface area contributed by atoms with E-state index >= 15 is 0 Å². The number of para-hydroxylation sites is 1. The second-order valence-electron chi connectivity index (χ2n) is 2.25. The Labute approximate surface area is 69.6 Å². The first-order valence-corrected chi connectivity index (χ1v) is 3.66. The minimum Gasteiger partial charge on any atom is -0.255 e. The van der Waals surface area contributed by atoms with Gasteiger partial charge in [-0.3, -0.25) is 4.98 Å². The number of fused-ring (bicyclic) bond motifs is 1. The zero-order chi connectivity index (χ0) is 7.68. The molecular formula is C9H5ClN. The van der Waals surface area contributed by atoms with Crippen molar-refractivity contribution in [1.82, 2.24) is 4.98 Å². The molecule has 0 aliphatic heterocycles. The van der Waals surface area contributed by atoms with Gasteiger partial charge in [0, 0.05) is 17.6 Å². The normalized spacial score (nSPS) is 10.3. The highest BCUT2D eigenvalue weighted by molar-refractivity contribution is 6.30. The van der Waals surface area contributed by atoms with Crippen LogP contribution in [0.15, 0.2) is 30.5 Å². The molecule has 1 aromatic carbocycles. The van der Waals surface area contributed by atoms with Gasteiger partial charge in [-0.1, -0.05) is 29.8 Å². The van der Waals surface area contributed by atoms with Gasteiger partial charge in [0.25, 0.3) is 0 Å². The lowest BCUT2D eigenvalue weighted by Gasteiger charge is -1.93. The number of nitrogens with zero attached hydrogens (tertiary/aromatic N) is 1. The molecule has 0 aliphatic rings. The Morgan fingerprint density at radius 3 is 3.00 bits per heavy atom. The number of halogens is 1. The van der Waals surface area contributed by atoms with Crippen molar-refractivity contribution in [3.05, 3.63) is 41.6 Å². The summed E-state index contributed by atoms with van der Waals surface area (Å²) in [4.78, 5) is 4.12. The molecule has 0 saturated heterocycles. The highest BCUT2D eigenvalue weighted by Gasteiger charge is 1.93. The van der Waals surface area contributed by atoms with E-state index in [4.69, 9.17) is 11.6 Å². The lowest BCUT2D eigenvalue weighted by atomic mass is 10.2. The third kappa shape index (κ3) is 1.19. The van der Waals surface area contributed by atoms with Gasteiger partial charge in [-0.2, -0.15) is 0 Å². The fourth-order valence-corrected chi connectivity index (χ4v) is 1.13. The second kappa shape index (κ2) is 2.51. The summed E-state index contributed by atoms with van der Waals surface area (Å²) in [6.45, 7) is 0. The summed E-state index contributed by atoms with van der Waals surface area (Å²) in [5.74, 6) is 0. The first-order chi connectivity index (χ1) is 5.36. The fourth-order valence-electron chi connectivity index (χ4n) is 0.979. The molecule has 2 heteroatoms. The summed E-state index contributed by atoms with van der Waals surface area (Å²) in [5, 5.41) is 1.52. The van der Waals surface area contributed by atoms with E-state index in [0.29, 0.717) is 5.02 Å². The van der Waals surface area contributed by atoms with Gasteiger partial charge in [0.15, 0.2) is 0 Å². The summed E-state index contributed by atoms with van der Waals surface area (Å²) in [5.41, 5.74) is 0.928. The number of hydrogen-bond donors (Lipinski definition) is 0. The average molecular weight is 163 g/mol. The van der Waals surface area contributed by atoms with Gasteiger partial charge in [0.1, 0.15) is 0 Å². The van der Waals surface area contributed by atoms with Crippen LogP contribution in [0.3, 0.4) is 0 Å². The molecule has 1 nitrogen and oxygen atoms in total. The topological polar surface area (TPSA) is 12.9 Å². The van der Waals surface area contributed by atoms with Gasteiger partial charge in [-0.25, -0.2) is 0 Å². The van der Waals surface area contributed by atoms with Gasteiger partial charge in [0.2, 0.25) is 0 Å². The van der Waals surface area contributed by atoms with Crippen molar-refractivity contribution in [3.8, 4) is 0 Å². The smallest absolute Gasteiger partial charge is 0.0709 e. The molecule has 2 rings (SSSR count). The van der Waals surface area contributed by atoms with Gasteiger partial charge >= 0.3 is 0 Å². The van der Waals surface area contributed by atoms with E-state index in [1.165, 1.54) is 0 Å². The Morgan fingerprint density at radius 1 is 1.27 bits per heavy atom. The van der Waals surface area contributed by atoms with E-state index in [2.05, 4.69) is 11.1 Å². The zero-order valence-electron chi connectivity index (χ0n) is 5.71. The fraction of sp³-hybridized carbons (Fsp3) is 0. The van der Waals surface area contributed by atoms with E-state index in [1.54, 1.807) is 6.20 Å². The molecule has 0 N–H and O–H groups in total. The number of aromatic nitrogens is 1. The maximum atomic E-state index is 5.70. The van der Waals surface area contributed by atoms with Crippen molar-refractivity contribution < 1.29 is 0 Å². The van der Waals surface area contributed by atoms with Crippen LogP contribution >= 0.6 is 11.6 Å². The minimum absolute atomic E-state index is 0.559. The van der Waals surface area contributed by atoms with Crippen LogP contribution in [0.4, 0.5) is 0 Å². The van der Waals surface area contributed by atoms with Crippen molar-refractivity contribution in [2.45, 2.75) is 0 Å². The summed E-state index contributed by atoms with van der Waals surface area (Å²) in [6.07, 6.45) is 1.60. The predicted molar refractivity (Wildman–Crippen MR) is 45.6 cm³/mol. The van der Waals surface area contributed by atoms with Crippen molar-refractivity contribution in [1.29, 1.82) is 0 Å². The first-order valence-electron chi connectivity index (χ1n) is 3.29. The zero-order valence-corrected chi connectivity index (χ0v) is 6.47. The lowest BCUT2D eigenvalue weighted by Crippen LogP contribution is -1.76. The van der Waals surface area contributed by atoms with Crippen LogP contribution in [-0.2, 0) is 0 Å². The number of benzene rings is 1. The number of pyridine rings is 1. The second-order valence-corrected chi connectivity index (χ2v) is 2.66. The highest BCUT2D eigenvalue weighted by Crippen LogP contribution is 2.14. The van der Waals surface area contributed by atoms with Crippen molar-refractivity contribution >= 4 is 22.5 Å². The molecule has 0 saturated carbocycles. The Balaban J connectivity index is 2.83. The Bertz CT molecular complexity index is 384. The third-order valence-electron chi connectivity index (χ3n) is 1.48. The number of rotatable bonds is 0. The van der Waals surface area contributed by atoms with Gasteiger partial charge < -0.3 is 0 Å². The van der Waals surface area contributed by atoms with Crippen LogP contribution in [0.25, 0.3) is 10.9 Å². The van der Waals surface area contributed by atoms with Crippen molar-refractivity contribution in [2.75, 3.05) is 0 Å². The minimum atomic E-state index is 0.559. The summed E-state index contributed by atoms with van der Waals surface area (Å²) < 4.78 is 0. The summed E-state index contributed by atoms with van der Waals surface area (Å²) in [7, 11) is 0. The standard InChI is InChI=1S/C9H5ClN/c10-8-5-7-3-1-2-4-9(7)11-6-8/h1-4,6H. The summed E-state index contributed by atoms with van der Waals surface area (Å²) >= 11 is 5.70. The molecule has 0 amide bonds. The molecule has 0 fully saturated rings. The number of hydrogen-bond acceptors (Lipinski definition) is 1. The Hall–Kier alpha value is -1.08. The van der Waals surface area contributed by atoms with E-state index < -0.39 is 0 Å². The van der Waals surface area contributed by atoms with Gasteiger partial charge in [0.05, 0.1) is 10.5 Å². The van der Waals surface area contributed by atoms with E-state index in [9.17, 15) is 0 Å². The van der Waals surface area contributed by atoms with Crippen LogP contribution in [0.5, 0.6) is 0 Å². The van der Waals surface area contributed by atoms with E-state index in [-0.39, 0.29) is 0 Å². The first kappa shape index (κ1) is 6.62. The molecule has 0 atom stereocenters. The van der Waals surface area contributed by atoms with Crippen molar-refractivity contribution in [3.63, 3.8) is 0 Å². The third-order valence-corrected chi connectivity index (χ3v) is 1.67. The maximum Gasteiger partial charge on any atom is 0.0709 e. The highest BCUT2D eigenvalue weighted by atomic mass is 35.5. The van der Waals surface area contributed by atoms with Crippen LogP contribution in [0, 0.1) is 6.07 Å². The molecule has 2 aromatic rings. The molecule has 11 heavy (non-hydrogen) atoms. The Kier molecular flexibility index (Phi) is 1.51. The molecule has 1 radical (unpaired) electrons. The molecule has 0 spiro atoms. The average Bonchev–Trinajstić information content (AvgIpc) is 2.04. The van der Waals surface area contributed by atoms with Gasteiger partial charge in [-0.05, 0) is 6.07 Å². The van der Waals surface area contributed by atoms with Crippen LogP contribution in [0.1, 0.15) is 0 Å². The monoisotopic (exact) mass is 162 g/mol. The van der Waals surface area contributed by atoms with Crippen molar-refractivity contribution in [2.24, 2.45) is 0 Å². The molecular weight excluding hydrogens is 158 g/mol. The predicted octanol–water partition coefficient (Wildman–Crippen LogP) is 2.69. The van der Waals surface area contributed by atoms with Crippen LogP contribution < -0.4 is 0 Å². The summed E-state index contributed by atoms with van der Waals surface area (Å²) in [6, 6.07) is 10.7. The van der Waals surface area contributed by atoms with E-state index in [1.807, 2.05) is 24.3 Å². The molecule has 1 aromatic heterocycles. The molecule has 0 bridgehead atoms. The molecule has 53 valence electrons. The lowest BCUT2D eigenvalue weighted by molar-refractivity contribution is 1.41. The van der Waals surface area contributed by atoms with Crippen LogP contribution in [-0.4, -0.2) is 4.98 Å². The van der Waals surface area contributed by atoms with Gasteiger partial charge in [-0.15, -0.1) is 0 Å². The SMILES string of the molecule is Clc1[c]c2ccccc2nc1. The molecule has 1 heterocycles. The largest absolute Gasteiger partial charge is 0.255 e. The quantitative estimate of drug-likeness (QED) is 0.581. The molecule has 0 unspecified atom stereocenters.